The molecule has 1 saturated carbocycles. The van der Waals surface area contributed by atoms with Gasteiger partial charge in [0.05, 0.1) is 6.04 Å². The number of rotatable bonds is 3. The number of hydrogen-bond donors (Lipinski definition) is 3. The van der Waals surface area contributed by atoms with E-state index < -0.39 is 0 Å². The zero-order valence-electron chi connectivity index (χ0n) is 9.42. The van der Waals surface area contributed by atoms with Gasteiger partial charge in [-0.05, 0) is 19.8 Å². The minimum atomic E-state index is -0.333. The zero-order chi connectivity index (χ0) is 11.3. The van der Waals surface area contributed by atoms with Crippen LogP contribution >= 0.6 is 0 Å². The van der Waals surface area contributed by atoms with Crippen molar-refractivity contribution < 1.29 is 4.79 Å². The van der Waals surface area contributed by atoms with Crippen LogP contribution in [0.15, 0.2) is 4.99 Å². The molecule has 86 valence electrons. The summed E-state index contributed by atoms with van der Waals surface area (Å²) in [5, 5.41) is 5.42. The summed E-state index contributed by atoms with van der Waals surface area (Å²) < 4.78 is 0. The minimum Gasteiger partial charge on any atom is -0.370 e. The summed E-state index contributed by atoms with van der Waals surface area (Å²) >= 11 is 0. The van der Waals surface area contributed by atoms with E-state index in [0.717, 1.165) is 12.8 Å². The molecule has 1 unspecified atom stereocenters. The second-order valence-corrected chi connectivity index (χ2v) is 3.93. The van der Waals surface area contributed by atoms with E-state index in [1.54, 1.807) is 14.0 Å². The first-order valence-corrected chi connectivity index (χ1v) is 5.45. The first kappa shape index (κ1) is 11.8. The first-order chi connectivity index (χ1) is 7.13. The van der Waals surface area contributed by atoms with E-state index >= 15 is 0 Å². The molecule has 5 nitrogen and oxygen atoms in total. The molecule has 0 spiro atoms. The lowest BCUT2D eigenvalue weighted by Crippen LogP contribution is -2.47. The maximum atomic E-state index is 11.2. The predicted octanol–water partition coefficient (Wildman–Crippen LogP) is -0.0322. The van der Waals surface area contributed by atoms with E-state index in [0.29, 0.717) is 12.0 Å². The molecule has 1 atom stereocenters. The van der Waals surface area contributed by atoms with Crippen molar-refractivity contribution in [1.82, 2.24) is 10.6 Å². The van der Waals surface area contributed by atoms with Gasteiger partial charge in [0.2, 0.25) is 5.91 Å². The van der Waals surface area contributed by atoms with Gasteiger partial charge in [0.15, 0.2) is 5.96 Å². The highest BCUT2D eigenvalue weighted by Gasteiger charge is 2.15. The van der Waals surface area contributed by atoms with Crippen molar-refractivity contribution in [1.29, 1.82) is 0 Å². The molecule has 1 aliphatic rings. The van der Waals surface area contributed by atoms with E-state index in [1.165, 1.54) is 12.8 Å². The van der Waals surface area contributed by atoms with Crippen LogP contribution in [0.5, 0.6) is 0 Å². The van der Waals surface area contributed by atoms with Crippen molar-refractivity contribution in [3.8, 4) is 0 Å². The fourth-order valence-corrected chi connectivity index (χ4v) is 1.77. The Bertz CT molecular complexity index is 246. The van der Waals surface area contributed by atoms with Crippen LogP contribution in [0, 0.1) is 0 Å². The van der Waals surface area contributed by atoms with E-state index in [1.807, 2.05) is 0 Å². The number of amides is 1. The third kappa shape index (κ3) is 3.77. The van der Waals surface area contributed by atoms with E-state index in [4.69, 9.17) is 5.73 Å². The monoisotopic (exact) mass is 212 g/mol. The largest absolute Gasteiger partial charge is 0.370 e. The number of carbonyl (C=O) groups is 1. The Morgan fingerprint density at radius 2 is 2.07 bits per heavy atom. The van der Waals surface area contributed by atoms with Gasteiger partial charge in [-0.1, -0.05) is 12.8 Å². The Hall–Kier alpha value is -1.26. The van der Waals surface area contributed by atoms with Crippen molar-refractivity contribution in [2.24, 2.45) is 10.7 Å². The number of hydrogen-bond acceptors (Lipinski definition) is 2. The summed E-state index contributed by atoms with van der Waals surface area (Å²) in [4.78, 5) is 15.5. The van der Waals surface area contributed by atoms with Gasteiger partial charge < -0.3 is 16.4 Å². The molecule has 1 amide bonds. The quantitative estimate of drug-likeness (QED) is 0.454. The highest BCUT2D eigenvalue weighted by Crippen LogP contribution is 2.20. The van der Waals surface area contributed by atoms with Gasteiger partial charge in [0.1, 0.15) is 6.04 Å². The summed E-state index contributed by atoms with van der Waals surface area (Å²) in [6.45, 7) is 1.76. The lowest BCUT2D eigenvalue weighted by atomic mass is 10.3. The Morgan fingerprint density at radius 3 is 2.60 bits per heavy atom. The van der Waals surface area contributed by atoms with Gasteiger partial charge in [0, 0.05) is 7.05 Å². The van der Waals surface area contributed by atoms with Crippen molar-refractivity contribution in [2.45, 2.75) is 44.7 Å². The Balaban J connectivity index is 2.39. The van der Waals surface area contributed by atoms with Crippen molar-refractivity contribution >= 4 is 11.9 Å². The van der Waals surface area contributed by atoms with Crippen LogP contribution in [-0.2, 0) is 4.79 Å². The van der Waals surface area contributed by atoms with E-state index in [-0.39, 0.29) is 11.9 Å². The number of guanidine groups is 1. The fourth-order valence-electron chi connectivity index (χ4n) is 1.77. The van der Waals surface area contributed by atoms with Crippen LogP contribution in [0.25, 0.3) is 0 Å². The molecule has 1 aliphatic carbocycles. The molecule has 1 rings (SSSR count). The van der Waals surface area contributed by atoms with Gasteiger partial charge in [0.25, 0.3) is 0 Å². The summed E-state index contributed by atoms with van der Waals surface area (Å²) in [5.41, 5.74) is 5.71. The standard InChI is InChI=1S/C10H20N4O/c1-7(9(15)12-2)13-10(11)14-8-5-3-4-6-8/h7-8H,3-6H2,1-2H3,(H,12,15)(H3,11,13,14). The van der Waals surface area contributed by atoms with E-state index in [9.17, 15) is 4.79 Å². The second-order valence-electron chi connectivity index (χ2n) is 3.93. The highest BCUT2D eigenvalue weighted by atomic mass is 16.2. The van der Waals surface area contributed by atoms with Gasteiger partial charge in [-0.2, -0.15) is 0 Å². The van der Waals surface area contributed by atoms with Gasteiger partial charge in [-0.3, -0.25) is 9.79 Å². The van der Waals surface area contributed by atoms with Crippen LogP contribution < -0.4 is 16.4 Å². The molecule has 0 aromatic rings. The fraction of sp³-hybridized carbons (Fsp3) is 0.800. The summed E-state index contributed by atoms with van der Waals surface area (Å²) in [7, 11) is 1.60. The van der Waals surface area contributed by atoms with Crippen molar-refractivity contribution in [3.63, 3.8) is 0 Å². The van der Waals surface area contributed by atoms with Crippen molar-refractivity contribution in [3.05, 3.63) is 0 Å². The number of carbonyl (C=O) groups excluding carboxylic acids is 1. The average molecular weight is 212 g/mol. The highest BCUT2D eigenvalue weighted by molar-refractivity contribution is 5.87. The summed E-state index contributed by atoms with van der Waals surface area (Å²) in [6.07, 6.45) is 4.67. The number of aliphatic imine (C=N–C) groups is 1. The van der Waals surface area contributed by atoms with Crippen LogP contribution in [0.3, 0.4) is 0 Å². The number of nitrogens with one attached hydrogen (secondary N) is 2. The molecule has 0 aromatic carbocycles. The number of nitrogens with two attached hydrogens (primary N) is 1. The van der Waals surface area contributed by atoms with E-state index in [2.05, 4.69) is 15.6 Å². The third-order valence-corrected chi connectivity index (χ3v) is 2.65. The molecular weight excluding hydrogens is 192 g/mol. The molecule has 0 saturated heterocycles. The molecule has 1 fully saturated rings. The van der Waals surface area contributed by atoms with Crippen LogP contribution in [0.1, 0.15) is 32.6 Å². The normalized spacial score (nSPS) is 20.0. The summed E-state index contributed by atoms with van der Waals surface area (Å²) in [5.74, 6) is 0.289. The molecule has 0 aromatic heterocycles. The van der Waals surface area contributed by atoms with Crippen LogP contribution in [0.4, 0.5) is 0 Å². The predicted molar refractivity (Wildman–Crippen MR) is 60.5 cm³/mol. The number of likely N-dealkylation sites (N-methyl/N-ethyl adjacent to an activating group) is 1. The second kappa shape index (κ2) is 5.58. The van der Waals surface area contributed by atoms with Crippen LogP contribution in [0.2, 0.25) is 0 Å². The van der Waals surface area contributed by atoms with Gasteiger partial charge in [-0.15, -0.1) is 0 Å². The molecule has 4 N–H and O–H groups in total. The molecule has 5 heteroatoms. The Morgan fingerprint density at radius 1 is 1.47 bits per heavy atom. The van der Waals surface area contributed by atoms with Crippen LogP contribution in [-0.4, -0.2) is 31.0 Å². The topological polar surface area (TPSA) is 79.5 Å². The Labute approximate surface area is 90.5 Å². The molecule has 15 heavy (non-hydrogen) atoms. The van der Waals surface area contributed by atoms with Gasteiger partial charge >= 0.3 is 0 Å². The third-order valence-electron chi connectivity index (χ3n) is 2.65. The SMILES string of the molecule is CNC(=O)C(C)NC(N)=NC1CCCC1. The first-order valence-electron chi connectivity index (χ1n) is 5.45. The maximum absolute atomic E-state index is 11.2. The lowest BCUT2D eigenvalue weighted by molar-refractivity contribution is -0.121. The number of nitrogens with zero attached hydrogens (tertiary/aromatic N) is 1. The average Bonchev–Trinajstić information content (AvgIpc) is 2.68. The van der Waals surface area contributed by atoms with Gasteiger partial charge in [-0.25, -0.2) is 0 Å². The molecule has 0 radical (unpaired) electrons. The Kier molecular flexibility index (Phi) is 4.39. The minimum absolute atomic E-state index is 0.0837. The smallest absolute Gasteiger partial charge is 0.242 e. The summed E-state index contributed by atoms with van der Waals surface area (Å²) in [6, 6.07) is 0.00883. The molecule has 0 bridgehead atoms. The van der Waals surface area contributed by atoms with Crippen molar-refractivity contribution in [2.75, 3.05) is 7.05 Å². The molecular formula is C10H20N4O. The zero-order valence-corrected chi connectivity index (χ0v) is 9.42. The lowest BCUT2D eigenvalue weighted by Gasteiger charge is -2.13. The molecule has 0 aliphatic heterocycles. The molecule has 0 heterocycles. The maximum Gasteiger partial charge on any atom is 0.242 e.